The molecular formula is C14H26. The molecule has 0 nitrogen and oxygen atoms in total. The van der Waals surface area contributed by atoms with E-state index in [9.17, 15) is 0 Å². The van der Waals surface area contributed by atoms with Crippen LogP contribution in [0.4, 0.5) is 0 Å². The maximum atomic E-state index is 4.03. The van der Waals surface area contributed by atoms with Crippen LogP contribution in [0.25, 0.3) is 0 Å². The van der Waals surface area contributed by atoms with Crippen molar-refractivity contribution in [2.45, 2.75) is 52.9 Å². The standard InChI is InChI=1S/C14H26/c1-6-12(3)9-8-10-14(5)11-13(4)7-2/h7,13-14H,2-3,6,8-11H2,1,4-5H3. The third-order valence-corrected chi connectivity index (χ3v) is 2.90. The Morgan fingerprint density at radius 2 is 2.00 bits per heavy atom. The molecule has 0 spiro atoms. The fourth-order valence-corrected chi connectivity index (χ4v) is 1.73. The van der Waals surface area contributed by atoms with Crippen LogP contribution in [0.5, 0.6) is 0 Å². The molecule has 0 heterocycles. The van der Waals surface area contributed by atoms with Crippen molar-refractivity contribution in [3.8, 4) is 0 Å². The molecule has 82 valence electrons. The highest BCUT2D eigenvalue weighted by molar-refractivity contribution is 4.92. The van der Waals surface area contributed by atoms with Gasteiger partial charge in [0.2, 0.25) is 0 Å². The molecule has 0 saturated carbocycles. The predicted molar refractivity (Wildman–Crippen MR) is 66.4 cm³/mol. The van der Waals surface area contributed by atoms with Gasteiger partial charge in [-0.05, 0) is 37.5 Å². The number of rotatable bonds is 8. The molecule has 0 amide bonds. The van der Waals surface area contributed by atoms with E-state index < -0.39 is 0 Å². The Bertz CT molecular complexity index is 167. The summed E-state index contributed by atoms with van der Waals surface area (Å²) in [5.74, 6) is 1.49. The van der Waals surface area contributed by atoms with Gasteiger partial charge in [-0.1, -0.05) is 45.4 Å². The van der Waals surface area contributed by atoms with E-state index in [2.05, 4.69) is 40.0 Å². The van der Waals surface area contributed by atoms with Gasteiger partial charge in [0.25, 0.3) is 0 Å². The van der Waals surface area contributed by atoms with E-state index >= 15 is 0 Å². The Morgan fingerprint density at radius 3 is 2.50 bits per heavy atom. The smallest absolute Gasteiger partial charge is 0.0262 e. The van der Waals surface area contributed by atoms with E-state index in [1.165, 1.54) is 31.3 Å². The summed E-state index contributed by atoms with van der Waals surface area (Å²) in [6, 6.07) is 0. The van der Waals surface area contributed by atoms with E-state index in [0.717, 1.165) is 12.3 Å². The molecule has 0 N–H and O–H groups in total. The van der Waals surface area contributed by atoms with E-state index in [1.54, 1.807) is 0 Å². The number of hydrogen-bond acceptors (Lipinski definition) is 0. The van der Waals surface area contributed by atoms with Crippen molar-refractivity contribution in [1.29, 1.82) is 0 Å². The first-order chi connectivity index (χ1) is 6.60. The first kappa shape index (κ1) is 13.5. The molecule has 0 bridgehead atoms. The van der Waals surface area contributed by atoms with Crippen LogP contribution < -0.4 is 0 Å². The van der Waals surface area contributed by atoms with Crippen molar-refractivity contribution >= 4 is 0 Å². The van der Waals surface area contributed by atoms with Crippen LogP contribution in [0.3, 0.4) is 0 Å². The van der Waals surface area contributed by atoms with Gasteiger partial charge in [0.15, 0.2) is 0 Å². The zero-order chi connectivity index (χ0) is 11.0. The Morgan fingerprint density at radius 1 is 1.36 bits per heavy atom. The van der Waals surface area contributed by atoms with Crippen molar-refractivity contribution in [2.24, 2.45) is 11.8 Å². The summed E-state index contributed by atoms with van der Waals surface area (Å²) in [5.41, 5.74) is 1.40. The molecule has 0 heteroatoms. The van der Waals surface area contributed by atoms with Crippen LogP contribution in [-0.2, 0) is 0 Å². The Hall–Kier alpha value is -0.520. The van der Waals surface area contributed by atoms with Crippen LogP contribution in [0.2, 0.25) is 0 Å². The lowest BCUT2D eigenvalue weighted by Gasteiger charge is -2.14. The van der Waals surface area contributed by atoms with Crippen molar-refractivity contribution in [2.75, 3.05) is 0 Å². The zero-order valence-electron chi connectivity index (χ0n) is 10.2. The largest absolute Gasteiger partial charge is 0.103 e. The normalized spacial score (nSPS) is 14.8. The van der Waals surface area contributed by atoms with E-state index in [-0.39, 0.29) is 0 Å². The Balaban J connectivity index is 3.48. The molecule has 0 radical (unpaired) electrons. The Kier molecular flexibility index (Phi) is 7.55. The highest BCUT2D eigenvalue weighted by atomic mass is 14.1. The summed E-state index contributed by atoms with van der Waals surface area (Å²) in [6.45, 7) is 14.6. The maximum Gasteiger partial charge on any atom is -0.0262 e. The molecule has 0 aliphatic carbocycles. The second-order valence-corrected chi connectivity index (χ2v) is 4.55. The lowest BCUT2D eigenvalue weighted by atomic mass is 9.92. The fraction of sp³-hybridized carbons (Fsp3) is 0.714. The quantitative estimate of drug-likeness (QED) is 0.478. The van der Waals surface area contributed by atoms with Crippen LogP contribution in [0, 0.1) is 11.8 Å². The van der Waals surface area contributed by atoms with E-state index in [1.807, 2.05) is 0 Å². The van der Waals surface area contributed by atoms with Crippen molar-refractivity contribution in [1.82, 2.24) is 0 Å². The average molecular weight is 194 g/mol. The molecule has 0 aromatic carbocycles. The minimum Gasteiger partial charge on any atom is -0.103 e. The van der Waals surface area contributed by atoms with Gasteiger partial charge < -0.3 is 0 Å². The fourth-order valence-electron chi connectivity index (χ4n) is 1.73. The molecule has 0 fully saturated rings. The summed E-state index contributed by atoms with van der Waals surface area (Å²) in [4.78, 5) is 0. The van der Waals surface area contributed by atoms with Gasteiger partial charge in [-0.2, -0.15) is 0 Å². The number of hydrogen-bond donors (Lipinski definition) is 0. The zero-order valence-corrected chi connectivity index (χ0v) is 10.2. The highest BCUT2D eigenvalue weighted by Gasteiger charge is 2.05. The SMILES string of the molecule is C=CC(C)CC(C)CCCC(=C)CC. The summed E-state index contributed by atoms with van der Waals surface area (Å²) < 4.78 is 0. The average Bonchev–Trinajstić information content (AvgIpc) is 2.17. The highest BCUT2D eigenvalue weighted by Crippen LogP contribution is 2.19. The third kappa shape index (κ3) is 6.94. The van der Waals surface area contributed by atoms with Crippen LogP contribution in [0.15, 0.2) is 24.8 Å². The Labute approximate surface area is 90.1 Å². The first-order valence-corrected chi connectivity index (χ1v) is 5.89. The first-order valence-electron chi connectivity index (χ1n) is 5.89. The molecule has 0 rings (SSSR count). The van der Waals surface area contributed by atoms with E-state index in [4.69, 9.17) is 0 Å². The van der Waals surface area contributed by atoms with Gasteiger partial charge >= 0.3 is 0 Å². The lowest BCUT2D eigenvalue weighted by molar-refractivity contribution is 0.426. The molecule has 2 unspecified atom stereocenters. The topological polar surface area (TPSA) is 0 Å². The van der Waals surface area contributed by atoms with Crippen molar-refractivity contribution < 1.29 is 0 Å². The predicted octanol–water partition coefficient (Wildman–Crippen LogP) is 4.97. The summed E-state index contributed by atoms with van der Waals surface area (Å²) >= 11 is 0. The molecule has 0 aromatic rings. The summed E-state index contributed by atoms with van der Waals surface area (Å²) in [6.07, 6.45) is 8.32. The van der Waals surface area contributed by atoms with Crippen molar-refractivity contribution in [3.63, 3.8) is 0 Å². The second-order valence-electron chi connectivity index (χ2n) is 4.55. The molecule has 0 aliphatic rings. The summed E-state index contributed by atoms with van der Waals surface area (Å²) in [7, 11) is 0. The van der Waals surface area contributed by atoms with Gasteiger partial charge in [-0.25, -0.2) is 0 Å². The molecule has 2 atom stereocenters. The molecule has 0 aliphatic heterocycles. The number of allylic oxidation sites excluding steroid dienone is 2. The minimum absolute atomic E-state index is 0.666. The van der Waals surface area contributed by atoms with Crippen molar-refractivity contribution in [3.05, 3.63) is 24.8 Å². The van der Waals surface area contributed by atoms with Gasteiger partial charge in [-0.3, -0.25) is 0 Å². The summed E-state index contributed by atoms with van der Waals surface area (Å²) in [5, 5.41) is 0. The lowest BCUT2D eigenvalue weighted by Crippen LogP contribution is -2.00. The van der Waals surface area contributed by atoms with Gasteiger partial charge in [0, 0.05) is 0 Å². The van der Waals surface area contributed by atoms with Crippen LogP contribution in [-0.4, -0.2) is 0 Å². The maximum absolute atomic E-state index is 4.03. The van der Waals surface area contributed by atoms with Gasteiger partial charge in [0.1, 0.15) is 0 Å². The molecule has 0 aromatic heterocycles. The minimum atomic E-state index is 0.666. The molecule has 14 heavy (non-hydrogen) atoms. The van der Waals surface area contributed by atoms with E-state index in [0.29, 0.717) is 5.92 Å². The van der Waals surface area contributed by atoms with Crippen LogP contribution >= 0.6 is 0 Å². The second kappa shape index (κ2) is 7.84. The van der Waals surface area contributed by atoms with Crippen LogP contribution in [0.1, 0.15) is 52.9 Å². The monoisotopic (exact) mass is 194 g/mol. The van der Waals surface area contributed by atoms with Gasteiger partial charge in [-0.15, -0.1) is 6.58 Å². The molecule has 0 saturated heterocycles. The third-order valence-electron chi connectivity index (χ3n) is 2.90. The molecular weight excluding hydrogens is 168 g/mol. The van der Waals surface area contributed by atoms with Gasteiger partial charge in [0.05, 0.1) is 0 Å².